The summed E-state index contributed by atoms with van der Waals surface area (Å²) in [6.07, 6.45) is -10.4. The maximum atomic E-state index is 12.8. The molecule has 0 radical (unpaired) electrons. The highest BCUT2D eigenvalue weighted by Crippen LogP contribution is 2.40. The fourth-order valence-electron chi connectivity index (χ4n) is 1.80. The minimum atomic E-state index is -5.01. The molecule has 1 aromatic rings. The van der Waals surface area contributed by atoms with Gasteiger partial charge in [0, 0.05) is 12.0 Å². The average Bonchev–Trinajstić information content (AvgIpc) is 2.24. The molecule has 112 valence electrons. The van der Waals surface area contributed by atoms with Gasteiger partial charge in [0.1, 0.15) is 0 Å². The molecular formula is C13H12F6O. The molecule has 20 heavy (non-hydrogen) atoms. The number of ketones is 1. The summed E-state index contributed by atoms with van der Waals surface area (Å²) in [7, 11) is 0. The lowest BCUT2D eigenvalue weighted by atomic mass is 9.92. The second-order valence-corrected chi connectivity index (χ2v) is 4.74. The molecule has 1 nitrogen and oxygen atoms in total. The average molecular weight is 298 g/mol. The van der Waals surface area contributed by atoms with Gasteiger partial charge in [-0.05, 0) is 18.1 Å². The van der Waals surface area contributed by atoms with E-state index in [0.29, 0.717) is 18.2 Å². The number of carbonyl (C=O) groups is 1. The highest BCUT2D eigenvalue weighted by atomic mass is 19.4. The van der Waals surface area contributed by atoms with Crippen LogP contribution in [0.15, 0.2) is 18.2 Å². The summed E-state index contributed by atoms with van der Waals surface area (Å²) in [6.45, 7) is 3.09. The summed E-state index contributed by atoms with van der Waals surface area (Å²) in [5.74, 6) is -1.50. The Morgan fingerprint density at radius 2 is 1.40 bits per heavy atom. The van der Waals surface area contributed by atoms with Crippen molar-refractivity contribution in [2.45, 2.75) is 32.6 Å². The van der Waals surface area contributed by atoms with Crippen LogP contribution in [0.2, 0.25) is 0 Å². The van der Waals surface area contributed by atoms with Crippen LogP contribution in [0.3, 0.4) is 0 Å². The molecule has 0 aromatic heterocycles. The van der Waals surface area contributed by atoms with Gasteiger partial charge >= 0.3 is 12.4 Å². The van der Waals surface area contributed by atoms with Gasteiger partial charge in [-0.2, -0.15) is 26.3 Å². The van der Waals surface area contributed by atoms with Crippen molar-refractivity contribution >= 4 is 5.78 Å². The number of halogens is 6. The Hall–Kier alpha value is -1.53. The molecule has 1 aromatic carbocycles. The lowest BCUT2D eigenvalue weighted by molar-refractivity contribution is -0.143. The highest BCUT2D eigenvalue weighted by molar-refractivity contribution is 5.99. The van der Waals surface area contributed by atoms with Crippen molar-refractivity contribution in [1.82, 2.24) is 0 Å². The monoisotopic (exact) mass is 298 g/mol. The largest absolute Gasteiger partial charge is 0.417 e. The van der Waals surface area contributed by atoms with Gasteiger partial charge < -0.3 is 0 Å². The zero-order valence-corrected chi connectivity index (χ0v) is 10.7. The van der Waals surface area contributed by atoms with Gasteiger partial charge in [-0.15, -0.1) is 0 Å². The van der Waals surface area contributed by atoms with E-state index in [4.69, 9.17) is 0 Å². The van der Waals surface area contributed by atoms with Crippen molar-refractivity contribution in [1.29, 1.82) is 0 Å². The molecule has 0 N–H and O–H groups in total. The van der Waals surface area contributed by atoms with Crippen LogP contribution in [-0.2, 0) is 12.4 Å². The van der Waals surface area contributed by atoms with Gasteiger partial charge in [-0.25, -0.2) is 0 Å². The number of benzene rings is 1. The highest BCUT2D eigenvalue weighted by Gasteiger charge is 2.42. The Labute approximate surface area is 111 Å². The molecule has 0 spiro atoms. The predicted octanol–water partition coefficient (Wildman–Crippen LogP) is 4.95. The normalized spacial score (nSPS) is 12.8. The van der Waals surface area contributed by atoms with Crippen molar-refractivity contribution < 1.29 is 31.1 Å². The first kappa shape index (κ1) is 16.5. The van der Waals surface area contributed by atoms with E-state index in [-0.39, 0.29) is 12.3 Å². The molecule has 7 heteroatoms. The summed E-state index contributed by atoms with van der Waals surface area (Å²) >= 11 is 0. The molecule has 0 aliphatic heterocycles. The Balaban J connectivity index is 3.53. The zero-order chi connectivity index (χ0) is 15.7. The quantitative estimate of drug-likeness (QED) is 0.570. The van der Waals surface area contributed by atoms with Gasteiger partial charge in [-0.3, -0.25) is 4.79 Å². The van der Waals surface area contributed by atoms with Crippen LogP contribution >= 0.6 is 0 Å². The lowest BCUT2D eigenvalue weighted by Gasteiger charge is -2.18. The molecule has 1 rings (SSSR count). The van der Waals surface area contributed by atoms with Crippen LogP contribution in [0.4, 0.5) is 26.3 Å². The van der Waals surface area contributed by atoms with Crippen LogP contribution in [-0.4, -0.2) is 5.78 Å². The first-order chi connectivity index (χ1) is 8.94. The van der Waals surface area contributed by atoms with Crippen LogP contribution in [0.5, 0.6) is 0 Å². The summed E-state index contributed by atoms with van der Waals surface area (Å²) in [6, 6.07) is 1.63. The fraction of sp³-hybridized carbons (Fsp3) is 0.462. The van der Waals surface area contributed by atoms with Crippen LogP contribution in [0.25, 0.3) is 0 Å². The second-order valence-electron chi connectivity index (χ2n) is 4.74. The third-order valence-electron chi connectivity index (χ3n) is 2.55. The number of hydrogen-bond donors (Lipinski definition) is 0. The number of Topliss-reactive ketones (excluding diaryl/α,β-unsaturated/α-hetero) is 1. The standard InChI is InChI=1S/C13H12F6O/c1-7(2)6-10(20)11-8(12(14,15)16)4-3-5-9(11)13(17,18)19/h3-5,7H,6H2,1-2H3. The molecule has 0 fully saturated rings. The Kier molecular flexibility index (Phi) is 4.51. The molecular weight excluding hydrogens is 286 g/mol. The molecule has 0 aliphatic rings. The third kappa shape index (κ3) is 3.74. The molecule has 0 unspecified atom stereocenters. The van der Waals surface area contributed by atoms with Crippen molar-refractivity contribution in [2.24, 2.45) is 5.92 Å². The minimum absolute atomic E-state index is 0.343. The predicted molar refractivity (Wildman–Crippen MR) is 60.2 cm³/mol. The minimum Gasteiger partial charge on any atom is -0.294 e. The topological polar surface area (TPSA) is 17.1 Å². The van der Waals surface area contributed by atoms with Crippen molar-refractivity contribution in [2.75, 3.05) is 0 Å². The third-order valence-corrected chi connectivity index (χ3v) is 2.55. The van der Waals surface area contributed by atoms with Gasteiger partial charge in [0.05, 0.1) is 11.1 Å². The maximum Gasteiger partial charge on any atom is 0.417 e. The smallest absolute Gasteiger partial charge is 0.294 e. The van der Waals surface area contributed by atoms with E-state index in [0.717, 1.165) is 0 Å². The first-order valence-corrected chi connectivity index (χ1v) is 5.75. The van der Waals surface area contributed by atoms with Gasteiger partial charge in [0.25, 0.3) is 0 Å². The van der Waals surface area contributed by atoms with E-state index in [2.05, 4.69) is 0 Å². The Morgan fingerprint density at radius 3 is 1.70 bits per heavy atom. The number of hydrogen-bond acceptors (Lipinski definition) is 1. The van der Waals surface area contributed by atoms with E-state index in [1.807, 2.05) is 0 Å². The lowest BCUT2D eigenvalue weighted by Crippen LogP contribution is -2.20. The number of alkyl halides is 6. The van der Waals surface area contributed by atoms with E-state index in [9.17, 15) is 31.1 Å². The summed E-state index contributed by atoms with van der Waals surface area (Å²) < 4.78 is 76.8. The van der Waals surface area contributed by atoms with Crippen LogP contribution in [0, 0.1) is 5.92 Å². The number of rotatable bonds is 3. The molecule has 0 amide bonds. The summed E-state index contributed by atoms with van der Waals surface area (Å²) in [5.41, 5.74) is -4.38. The maximum absolute atomic E-state index is 12.8. The molecule has 0 saturated heterocycles. The number of carbonyl (C=O) groups excluding carboxylic acids is 1. The Morgan fingerprint density at radius 1 is 1.00 bits per heavy atom. The van der Waals surface area contributed by atoms with Crippen LogP contribution in [0.1, 0.15) is 41.8 Å². The Bertz CT molecular complexity index is 466. The fourth-order valence-corrected chi connectivity index (χ4v) is 1.80. The molecule has 0 heterocycles. The molecule has 0 saturated carbocycles. The molecule has 0 atom stereocenters. The summed E-state index contributed by atoms with van der Waals surface area (Å²) in [4.78, 5) is 11.8. The van der Waals surface area contributed by atoms with Crippen molar-refractivity contribution in [3.8, 4) is 0 Å². The van der Waals surface area contributed by atoms with E-state index in [1.165, 1.54) is 0 Å². The van der Waals surface area contributed by atoms with E-state index < -0.39 is 34.8 Å². The molecule has 0 bridgehead atoms. The molecule has 0 aliphatic carbocycles. The SMILES string of the molecule is CC(C)CC(=O)c1c(C(F)(F)F)cccc1C(F)(F)F. The van der Waals surface area contributed by atoms with Gasteiger partial charge in [0.15, 0.2) is 5.78 Å². The first-order valence-electron chi connectivity index (χ1n) is 5.75. The van der Waals surface area contributed by atoms with E-state index in [1.54, 1.807) is 13.8 Å². The van der Waals surface area contributed by atoms with Crippen LogP contribution < -0.4 is 0 Å². The van der Waals surface area contributed by atoms with Crippen molar-refractivity contribution in [3.05, 3.63) is 34.9 Å². The van der Waals surface area contributed by atoms with Crippen molar-refractivity contribution in [3.63, 3.8) is 0 Å². The second kappa shape index (κ2) is 5.46. The van der Waals surface area contributed by atoms with E-state index >= 15 is 0 Å². The van der Waals surface area contributed by atoms with Gasteiger partial charge in [0.2, 0.25) is 0 Å². The summed E-state index contributed by atoms with van der Waals surface area (Å²) in [5, 5.41) is 0. The van der Waals surface area contributed by atoms with Gasteiger partial charge in [-0.1, -0.05) is 19.9 Å². The zero-order valence-electron chi connectivity index (χ0n) is 10.7.